The normalized spacial score (nSPS) is 17.6. The molecule has 1 aromatic rings. The first-order valence-electron chi connectivity index (χ1n) is 5.33. The minimum Gasteiger partial charge on any atom is -0.398 e. The van der Waals surface area contributed by atoms with Gasteiger partial charge in [0.05, 0.1) is 5.69 Å². The first kappa shape index (κ1) is 12.4. The van der Waals surface area contributed by atoms with E-state index < -0.39 is 0 Å². The third-order valence-electron chi connectivity index (χ3n) is 2.78. The van der Waals surface area contributed by atoms with E-state index in [1.165, 1.54) is 5.56 Å². The number of nitrogens with one attached hydrogen (secondary N) is 1. The number of rotatable bonds is 2. The van der Waals surface area contributed by atoms with Gasteiger partial charge in [0.15, 0.2) is 0 Å². The van der Waals surface area contributed by atoms with Gasteiger partial charge in [0.2, 0.25) is 0 Å². The molecule has 0 spiro atoms. The van der Waals surface area contributed by atoms with Crippen molar-refractivity contribution in [3.8, 4) is 0 Å². The van der Waals surface area contributed by atoms with Crippen LogP contribution in [0.2, 0.25) is 0 Å². The molecule has 1 aliphatic rings. The first-order valence-corrected chi connectivity index (χ1v) is 6.92. The number of nitrogens with two attached hydrogens (primary N) is 1. The fourth-order valence-electron chi connectivity index (χ4n) is 1.88. The van der Waals surface area contributed by atoms with Crippen molar-refractivity contribution in [3.05, 3.63) is 26.6 Å². The van der Waals surface area contributed by atoms with Gasteiger partial charge in [-0.1, -0.05) is 15.9 Å². The fraction of sp³-hybridized carbons (Fsp3) is 0.455. The van der Waals surface area contributed by atoms with E-state index in [-0.39, 0.29) is 0 Å². The van der Waals surface area contributed by atoms with Crippen LogP contribution in [-0.4, -0.2) is 31.1 Å². The average molecular weight is 349 g/mol. The van der Waals surface area contributed by atoms with Crippen LogP contribution in [-0.2, 0) is 6.54 Å². The number of halogens is 2. The van der Waals surface area contributed by atoms with Crippen LogP contribution in [0.3, 0.4) is 0 Å². The molecule has 0 amide bonds. The molecule has 1 fully saturated rings. The molecule has 16 heavy (non-hydrogen) atoms. The molecule has 0 unspecified atom stereocenters. The summed E-state index contributed by atoms with van der Waals surface area (Å²) in [5, 5.41) is 3.35. The molecule has 1 aliphatic heterocycles. The van der Waals surface area contributed by atoms with Crippen LogP contribution in [0.25, 0.3) is 0 Å². The second-order valence-electron chi connectivity index (χ2n) is 3.99. The molecule has 0 aliphatic carbocycles. The predicted molar refractivity (Wildman–Crippen MR) is 74.4 cm³/mol. The molecule has 2 rings (SSSR count). The van der Waals surface area contributed by atoms with Crippen molar-refractivity contribution in [1.82, 2.24) is 10.2 Å². The van der Waals surface area contributed by atoms with Crippen LogP contribution in [0.15, 0.2) is 21.1 Å². The fourth-order valence-corrected chi connectivity index (χ4v) is 3.19. The zero-order valence-electron chi connectivity index (χ0n) is 8.97. The summed E-state index contributed by atoms with van der Waals surface area (Å²) in [5.41, 5.74) is 8.09. The van der Waals surface area contributed by atoms with Gasteiger partial charge in [0.1, 0.15) is 0 Å². The Morgan fingerprint density at radius 2 is 1.94 bits per heavy atom. The molecular weight excluding hydrogens is 334 g/mol. The standard InChI is InChI=1S/C11H15Br2N3/c12-9-5-8(11(14)10(13)6-9)7-16-3-1-15-2-4-16/h5-6,15H,1-4,7,14H2. The Morgan fingerprint density at radius 3 is 2.62 bits per heavy atom. The highest BCUT2D eigenvalue weighted by Crippen LogP contribution is 2.29. The highest BCUT2D eigenvalue weighted by atomic mass is 79.9. The van der Waals surface area contributed by atoms with Crippen LogP contribution >= 0.6 is 31.9 Å². The first-order chi connectivity index (χ1) is 7.66. The van der Waals surface area contributed by atoms with Crippen LogP contribution < -0.4 is 11.1 Å². The Hall–Kier alpha value is -0.100. The number of piperazine rings is 1. The molecule has 0 saturated carbocycles. The summed E-state index contributed by atoms with van der Waals surface area (Å²) in [5.74, 6) is 0. The molecule has 5 heteroatoms. The van der Waals surface area contributed by atoms with E-state index in [2.05, 4.69) is 48.1 Å². The molecule has 3 N–H and O–H groups in total. The predicted octanol–water partition coefficient (Wildman–Crippen LogP) is 2.20. The zero-order valence-corrected chi connectivity index (χ0v) is 12.1. The van der Waals surface area contributed by atoms with Gasteiger partial charge in [-0.15, -0.1) is 0 Å². The molecule has 3 nitrogen and oxygen atoms in total. The van der Waals surface area contributed by atoms with Gasteiger partial charge in [0, 0.05) is 41.7 Å². The minimum atomic E-state index is 0.849. The summed E-state index contributed by atoms with van der Waals surface area (Å²) in [6.45, 7) is 5.23. The summed E-state index contributed by atoms with van der Waals surface area (Å²) in [4.78, 5) is 2.42. The topological polar surface area (TPSA) is 41.3 Å². The summed E-state index contributed by atoms with van der Waals surface area (Å²) in [7, 11) is 0. The summed E-state index contributed by atoms with van der Waals surface area (Å²) < 4.78 is 2.03. The number of benzene rings is 1. The molecule has 1 heterocycles. The highest BCUT2D eigenvalue weighted by Gasteiger charge is 2.13. The summed E-state index contributed by atoms with van der Waals surface area (Å²) >= 11 is 6.97. The maximum Gasteiger partial charge on any atom is 0.0504 e. The van der Waals surface area contributed by atoms with E-state index in [1.54, 1.807) is 0 Å². The molecule has 1 aromatic carbocycles. The lowest BCUT2D eigenvalue weighted by atomic mass is 10.1. The van der Waals surface area contributed by atoms with E-state index in [9.17, 15) is 0 Å². The molecule has 0 radical (unpaired) electrons. The Bertz CT molecular complexity index is 376. The lowest BCUT2D eigenvalue weighted by Crippen LogP contribution is -2.43. The van der Waals surface area contributed by atoms with Gasteiger partial charge < -0.3 is 11.1 Å². The molecule has 0 aromatic heterocycles. The number of nitrogen functional groups attached to an aromatic ring is 1. The number of hydrogen-bond donors (Lipinski definition) is 2. The zero-order chi connectivity index (χ0) is 11.5. The van der Waals surface area contributed by atoms with Crippen molar-refractivity contribution in [2.45, 2.75) is 6.54 Å². The van der Waals surface area contributed by atoms with E-state index in [4.69, 9.17) is 5.73 Å². The van der Waals surface area contributed by atoms with E-state index in [0.717, 1.165) is 47.4 Å². The van der Waals surface area contributed by atoms with Gasteiger partial charge in [-0.25, -0.2) is 0 Å². The van der Waals surface area contributed by atoms with Crippen molar-refractivity contribution in [3.63, 3.8) is 0 Å². The van der Waals surface area contributed by atoms with Crippen LogP contribution in [0.5, 0.6) is 0 Å². The number of hydrogen-bond acceptors (Lipinski definition) is 3. The quantitative estimate of drug-likeness (QED) is 0.805. The van der Waals surface area contributed by atoms with Gasteiger partial charge in [-0.3, -0.25) is 4.90 Å². The largest absolute Gasteiger partial charge is 0.398 e. The van der Waals surface area contributed by atoms with Gasteiger partial charge in [0.25, 0.3) is 0 Å². The van der Waals surface area contributed by atoms with Crippen LogP contribution in [0.4, 0.5) is 5.69 Å². The van der Waals surface area contributed by atoms with Crippen molar-refractivity contribution in [1.29, 1.82) is 0 Å². The van der Waals surface area contributed by atoms with Crippen LogP contribution in [0, 0.1) is 0 Å². The maximum atomic E-state index is 6.06. The Balaban J connectivity index is 2.13. The Labute approximate surface area is 113 Å². The van der Waals surface area contributed by atoms with Crippen molar-refractivity contribution < 1.29 is 0 Å². The highest BCUT2D eigenvalue weighted by molar-refractivity contribution is 9.11. The monoisotopic (exact) mass is 347 g/mol. The van der Waals surface area contributed by atoms with Crippen LogP contribution in [0.1, 0.15) is 5.56 Å². The molecule has 0 atom stereocenters. The SMILES string of the molecule is Nc1c(Br)cc(Br)cc1CN1CCNCC1. The second kappa shape index (κ2) is 5.49. The average Bonchev–Trinajstić information content (AvgIpc) is 2.27. The molecular formula is C11H15Br2N3. The smallest absolute Gasteiger partial charge is 0.0504 e. The Kier molecular flexibility index (Phi) is 4.24. The van der Waals surface area contributed by atoms with Gasteiger partial charge in [-0.05, 0) is 33.6 Å². The third kappa shape index (κ3) is 2.97. The van der Waals surface area contributed by atoms with Gasteiger partial charge in [-0.2, -0.15) is 0 Å². The minimum absolute atomic E-state index is 0.849. The molecule has 1 saturated heterocycles. The maximum absolute atomic E-state index is 6.06. The number of nitrogens with zero attached hydrogens (tertiary/aromatic N) is 1. The van der Waals surface area contributed by atoms with E-state index in [1.807, 2.05) is 6.07 Å². The summed E-state index contributed by atoms with van der Waals surface area (Å²) in [6, 6.07) is 4.08. The van der Waals surface area contributed by atoms with Crippen molar-refractivity contribution in [2.24, 2.45) is 0 Å². The van der Waals surface area contributed by atoms with E-state index >= 15 is 0 Å². The van der Waals surface area contributed by atoms with Crippen molar-refractivity contribution in [2.75, 3.05) is 31.9 Å². The van der Waals surface area contributed by atoms with Crippen molar-refractivity contribution >= 4 is 37.5 Å². The van der Waals surface area contributed by atoms with Gasteiger partial charge >= 0.3 is 0 Å². The number of anilines is 1. The molecule has 0 bridgehead atoms. The molecule has 88 valence electrons. The second-order valence-corrected chi connectivity index (χ2v) is 5.76. The lowest BCUT2D eigenvalue weighted by Gasteiger charge is -2.27. The third-order valence-corrected chi connectivity index (χ3v) is 3.90. The van der Waals surface area contributed by atoms with E-state index in [0.29, 0.717) is 0 Å². The summed E-state index contributed by atoms with van der Waals surface area (Å²) in [6.07, 6.45) is 0. The lowest BCUT2D eigenvalue weighted by molar-refractivity contribution is 0.233. The Morgan fingerprint density at radius 1 is 1.25 bits per heavy atom.